The number of rotatable bonds is 7. The molecule has 0 bridgehead atoms. The van der Waals surface area contributed by atoms with Crippen molar-refractivity contribution in [3.05, 3.63) is 50.7 Å². The van der Waals surface area contributed by atoms with Crippen LogP contribution in [0.25, 0.3) is 0 Å². The van der Waals surface area contributed by atoms with Gasteiger partial charge >= 0.3 is 5.69 Å². The molecule has 9 heteroatoms. The van der Waals surface area contributed by atoms with Crippen LogP contribution in [0.3, 0.4) is 0 Å². The Morgan fingerprint density at radius 1 is 1.29 bits per heavy atom. The maximum atomic E-state index is 11.3. The minimum Gasteiger partial charge on any atom is -0.364 e. The third kappa shape index (κ3) is 5.30. The van der Waals surface area contributed by atoms with E-state index in [1.54, 1.807) is 0 Å². The Morgan fingerprint density at radius 2 is 2.04 bits per heavy atom. The second-order valence-corrected chi connectivity index (χ2v) is 7.71. The Labute approximate surface area is 169 Å². The molecule has 1 aromatic heterocycles. The van der Waals surface area contributed by atoms with Crippen molar-refractivity contribution in [2.45, 2.75) is 45.2 Å². The molecule has 0 radical (unpaired) electrons. The molecule has 3 rings (SSSR count). The van der Waals surface area contributed by atoms with E-state index in [0.717, 1.165) is 36.8 Å². The van der Waals surface area contributed by atoms with Gasteiger partial charge in [-0.3, -0.25) is 10.1 Å². The standard InChI is InChI=1S/C19H25ClN6O2/c1-12-8-15(20)5-4-14(12)10-23-19-24-11-17(26(27)28)18(25-19)22-9-13-2-6-16(21)7-3-13/h4-5,8,11,13,16H,2-3,6-7,9-10,21H2,1H3,(H2,22,23,24,25). The first kappa shape index (κ1) is 20.3. The van der Waals surface area contributed by atoms with E-state index < -0.39 is 4.92 Å². The summed E-state index contributed by atoms with van der Waals surface area (Å²) in [5.41, 5.74) is 7.92. The average Bonchev–Trinajstić information content (AvgIpc) is 2.67. The van der Waals surface area contributed by atoms with Gasteiger partial charge in [-0.25, -0.2) is 4.98 Å². The highest BCUT2D eigenvalue weighted by Crippen LogP contribution is 2.26. The second kappa shape index (κ2) is 9.16. The molecule has 1 aliphatic carbocycles. The molecule has 0 atom stereocenters. The van der Waals surface area contributed by atoms with E-state index in [2.05, 4.69) is 20.6 Å². The molecule has 1 heterocycles. The second-order valence-electron chi connectivity index (χ2n) is 7.27. The summed E-state index contributed by atoms with van der Waals surface area (Å²) in [6, 6.07) is 5.92. The number of aromatic nitrogens is 2. The lowest BCUT2D eigenvalue weighted by molar-refractivity contribution is -0.384. The fourth-order valence-electron chi connectivity index (χ4n) is 3.39. The summed E-state index contributed by atoms with van der Waals surface area (Å²) in [4.78, 5) is 19.3. The summed E-state index contributed by atoms with van der Waals surface area (Å²) in [5, 5.41) is 18.3. The van der Waals surface area contributed by atoms with Gasteiger partial charge in [0.15, 0.2) is 0 Å². The molecule has 8 nitrogen and oxygen atoms in total. The van der Waals surface area contributed by atoms with Crippen LogP contribution in [0, 0.1) is 23.0 Å². The molecule has 0 aliphatic heterocycles. The molecular weight excluding hydrogens is 380 g/mol. The topological polar surface area (TPSA) is 119 Å². The minimum absolute atomic E-state index is 0.124. The van der Waals surface area contributed by atoms with Crippen molar-refractivity contribution in [2.75, 3.05) is 17.2 Å². The summed E-state index contributed by atoms with van der Waals surface area (Å²) in [6.07, 6.45) is 5.27. The molecular formula is C19H25ClN6O2. The maximum Gasteiger partial charge on any atom is 0.329 e. The number of benzene rings is 1. The van der Waals surface area contributed by atoms with Crippen molar-refractivity contribution in [3.8, 4) is 0 Å². The van der Waals surface area contributed by atoms with Gasteiger partial charge in [0.25, 0.3) is 0 Å². The highest BCUT2D eigenvalue weighted by atomic mass is 35.5. The third-order valence-corrected chi connectivity index (χ3v) is 5.39. The lowest BCUT2D eigenvalue weighted by Gasteiger charge is -2.26. The number of nitro groups is 1. The summed E-state index contributed by atoms with van der Waals surface area (Å²) in [6.45, 7) is 3.11. The number of hydrogen-bond acceptors (Lipinski definition) is 7. The molecule has 0 spiro atoms. The molecule has 150 valence electrons. The van der Waals surface area contributed by atoms with E-state index in [9.17, 15) is 10.1 Å². The van der Waals surface area contributed by atoms with Crippen molar-refractivity contribution in [1.82, 2.24) is 9.97 Å². The average molecular weight is 405 g/mol. The van der Waals surface area contributed by atoms with Gasteiger partial charge < -0.3 is 16.4 Å². The van der Waals surface area contributed by atoms with Crippen molar-refractivity contribution in [3.63, 3.8) is 0 Å². The lowest BCUT2D eigenvalue weighted by Crippen LogP contribution is -2.29. The molecule has 1 saturated carbocycles. The van der Waals surface area contributed by atoms with Crippen molar-refractivity contribution in [2.24, 2.45) is 11.7 Å². The number of aryl methyl sites for hydroxylation is 1. The Balaban J connectivity index is 1.67. The number of halogens is 1. The number of nitrogens with zero attached hydrogens (tertiary/aromatic N) is 3. The van der Waals surface area contributed by atoms with Crippen molar-refractivity contribution >= 4 is 29.1 Å². The maximum absolute atomic E-state index is 11.3. The van der Waals surface area contributed by atoms with Gasteiger partial charge in [-0.15, -0.1) is 0 Å². The molecule has 0 saturated heterocycles. The molecule has 0 unspecified atom stereocenters. The Morgan fingerprint density at radius 3 is 2.71 bits per heavy atom. The zero-order chi connectivity index (χ0) is 20.1. The van der Waals surface area contributed by atoms with Crippen LogP contribution in [-0.4, -0.2) is 27.5 Å². The summed E-state index contributed by atoms with van der Waals surface area (Å²) >= 11 is 5.98. The van der Waals surface area contributed by atoms with Crippen LogP contribution in [0.5, 0.6) is 0 Å². The first-order chi connectivity index (χ1) is 13.4. The van der Waals surface area contributed by atoms with E-state index in [1.165, 1.54) is 6.20 Å². The van der Waals surface area contributed by atoms with Crippen molar-refractivity contribution < 1.29 is 4.92 Å². The van der Waals surface area contributed by atoms with Crippen LogP contribution in [0.4, 0.5) is 17.5 Å². The van der Waals surface area contributed by atoms with Gasteiger partial charge in [0.2, 0.25) is 11.8 Å². The predicted molar refractivity (Wildman–Crippen MR) is 111 cm³/mol. The molecule has 4 N–H and O–H groups in total. The molecule has 0 amide bonds. The zero-order valence-corrected chi connectivity index (χ0v) is 16.6. The Hall–Kier alpha value is -2.45. The number of hydrogen-bond donors (Lipinski definition) is 3. The lowest BCUT2D eigenvalue weighted by atomic mass is 9.86. The molecule has 1 aliphatic rings. The van der Waals surface area contributed by atoms with E-state index >= 15 is 0 Å². The largest absolute Gasteiger partial charge is 0.364 e. The number of anilines is 2. The van der Waals surface area contributed by atoms with Crippen LogP contribution in [-0.2, 0) is 6.54 Å². The van der Waals surface area contributed by atoms with Gasteiger partial charge in [-0.2, -0.15) is 4.98 Å². The van der Waals surface area contributed by atoms with Gasteiger partial charge in [0.1, 0.15) is 6.20 Å². The van der Waals surface area contributed by atoms with Gasteiger partial charge in [0, 0.05) is 24.2 Å². The molecule has 2 aromatic rings. The van der Waals surface area contributed by atoms with Crippen LogP contribution >= 0.6 is 11.6 Å². The quantitative estimate of drug-likeness (QED) is 0.473. The first-order valence-electron chi connectivity index (χ1n) is 9.42. The van der Waals surface area contributed by atoms with Crippen LogP contribution < -0.4 is 16.4 Å². The SMILES string of the molecule is Cc1cc(Cl)ccc1CNc1ncc([N+](=O)[O-])c(NCC2CCC(N)CC2)n1. The molecule has 28 heavy (non-hydrogen) atoms. The first-order valence-corrected chi connectivity index (χ1v) is 9.80. The zero-order valence-electron chi connectivity index (χ0n) is 15.8. The highest BCUT2D eigenvalue weighted by Gasteiger charge is 2.21. The predicted octanol–water partition coefficient (Wildman–Crippen LogP) is 3.89. The summed E-state index contributed by atoms with van der Waals surface area (Å²) < 4.78 is 0. The smallest absolute Gasteiger partial charge is 0.329 e. The molecule has 1 fully saturated rings. The van der Waals surface area contributed by atoms with Crippen LogP contribution in [0.15, 0.2) is 24.4 Å². The number of nitrogens with one attached hydrogen (secondary N) is 2. The van der Waals surface area contributed by atoms with Gasteiger partial charge in [-0.1, -0.05) is 17.7 Å². The van der Waals surface area contributed by atoms with E-state index in [0.29, 0.717) is 30.0 Å². The normalized spacial score (nSPS) is 19.2. The minimum atomic E-state index is -0.466. The van der Waals surface area contributed by atoms with E-state index in [-0.39, 0.29) is 17.5 Å². The number of nitrogens with two attached hydrogens (primary N) is 1. The monoisotopic (exact) mass is 404 g/mol. The van der Waals surface area contributed by atoms with Crippen LogP contribution in [0.2, 0.25) is 5.02 Å². The Kier molecular flexibility index (Phi) is 6.64. The van der Waals surface area contributed by atoms with Gasteiger partial charge in [0.05, 0.1) is 4.92 Å². The molecule has 1 aromatic carbocycles. The van der Waals surface area contributed by atoms with E-state index in [1.807, 2.05) is 25.1 Å². The fraction of sp³-hybridized carbons (Fsp3) is 0.474. The van der Waals surface area contributed by atoms with Crippen molar-refractivity contribution in [1.29, 1.82) is 0 Å². The van der Waals surface area contributed by atoms with Crippen LogP contribution in [0.1, 0.15) is 36.8 Å². The summed E-state index contributed by atoms with van der Waals surface area (Å²) in [7, 11) is 0. The van der Waals surface area contributed by atoms with Gasteiger partial charge in [-0.05, 0) is 61.8 Å². The fourth-order valence-corrected chi connectivity index (χ4v) is 3.62. The third-order valence-electron chi connectivity index (χ3n) is 5.16. The van der Waals surface area contributed by atoms with E-state index in [4.69, 9.17) is 17.3 Å². The summed E-state index contributed by atoms with van der Waals surface area (Å²) in [5.74, 6) is 1.03. The Bertz CT molecular complexity index is 839. The highest BCUT2D eigenvalue weighted by molar-refractivity contribution is 6.30.